The smallest absolute Gasteiger partial charge is 0.336 e. The Morgan fingerprint density at radius 2 is 2.15 bits per heavy atom. The van der Waals surface area contributed by atoms with Gasteiger partial charge in [-0.2, -0.15) is 0 Å². The molecular weight excluding hydrogens is 458 g/mol. The molecule has 0 saturated carbocycles. The van der Waals surface area contributed by atoms with E-state index in [1.54, 1.807) is 17.4 Å². The van der Waals surface area contributed by atoms with Crippen molar-refractivity contribution < 1.29 is 19.1 Å². The number of ketones is 1. The van der Waals surface area contributed by atoms with Gasteiger partial charge in [0.2, 0.25) is 0 Å². The molecule has 1 aromatic heterocycles. The van der Waals surface area contributed by atoms with E-state index in [-0.39, 0.29) is 24.4 Å². The average Bonchev–Trinajstić information content (AvgIpc) is 3.50. The number of esters is 1. The van der Waals surface area contributed by atoms with E-state index < -0.39 is 11.9 Å². The molecule has 33 heavy (non-hydrogen) atoms. The Kier molecular flexibility index (Phi) is 6.41. The van der Waals surface area contributed by atoms with Crippen LogP contribution in [0.1, 0.15) is 54.9 Å². The molecule has 3 heterocycles. The van der Waals surface area contributed by atoms with Crippen LogP contribution in [0, 0.1) is 0 Å². The average molecular weight is 484 g/mol. The maximum absolute atomic E-state index is 13.5. The van der Waals surface area contributed by atoms with E-state index in [2.05, 4.69) is 11.4 Å². The standard InChI is InChI=1S/C26H26ClNO4S/c1-15-23(26(30)32-14-19-7-3-9-31-19)24(16-5-2-6-18(27)11-16)25-20(28-15)12-17(13-21(25)29)22-8-4-10-33-22/h2,4-6,8,10-11,17,19,24,28H,3,7,9,12-14H2,1H3/t17-,19-,24-/m0/s1. The third-order valence-electron chi connectivity index (χ3n) is 6.60. The predicted molar refractivity (Wildman–Crippen MR) is 128 cm³/mol. The van der Waals surface area contributed by atoms with Gasteiger partial charge in [-0.05, 0) is 55.3 Å². The highest BCUT2D eigenvalue weighted by Crippen LogP contribution is 2.46. The molecule has 0 radical (unpaired) electrons. The van der Waals surface area contributed by atoms with Gasteiger partial charge in [0.15, 0.2) is 5.78 Å². The van der Waals surface area contributed by atoms with Crippen LogP contribution in [0.4, 0.5) is 0 Å². The van der Waals surface area contributed by atoms with Crippen LogP contribution in [0.3, 0.4) is 0 Å². The summed E-state index contributed by atoms with van der Waals surface area (Å²) in [5, 5.41) is 6.00. The van der Waals surface area contributed by atoms with E-state index in [1.807, 2.05) is 36.6 Å². The van der Waals surface area contributed by atoms with Crippen LogP contribution in [0.25, 0.3) is 0 Å². The van der Waals surface area contributed by atoms with Crippen LogP contribution in [0.2, 0.25) is 5.02 Å². The highest BCUT2D eigenvalue weighted by molar-refractivity contribution is 7.10. The molecule has 2 aromatic rings. The third kappa shape index (κ3) is 4.52. The lowest BCUT2D eigenvalue weighted by Gasteiger charge is -2.36. The van der Waals surface area contributed by atoms with Gasteiger partial charge in [0.25, 0.3) is 0 Å². The fourth-order valence-electron chi connectivity index (χ4n) is 5.08. The molecule has 0 spiro atoms. The number of thiophene rings is 1. The zero-order valence-electron chi connectivity index (χ0n) is 18.4. The van der Waals surface area contributed by atoms with Gasteiger partial charge in [-0.1, -0.05) is 29.8 Å². The van der Waals surface area contributed by atoms with Crippen LogP contribution in [-0.4, -0.2) is 31.1 Å². The number of halogens is 1. The fourth-order valence-corrected chi connectivity index (χ4v) is 6.11. The molecule has 7 heteroatoms. The Labute approximate surface area is 202 Å². The minimum atomic E-state index is -0.506. The number of allylic oxidation sites excluding steroid dienone is 3. The van der Waals surface area contributed by atoms with Crippen molar-refractivity contribution in [1.29, 1.82) is 0 Å². The van der Waals surface area contributed by atoms with Gasteiger partial charge in [-0.15, -0.1) is 11.3 Å². The molecule has 1 aromatic carbocycles. The molecule has 172 valence electrons. The second kappa shape index (κ2) is 9.45. The minimum Gasteiger partial charge on any atom is -0.459 e. The molecule has 5 nitrogen and oxygen atoms in total. The number of hydrogen-bond donors (Lipinski definition) is 1. The highest BCUT2D eigenvalue weighted by atomic mass is 35.5. The Morgan fingerprint density at radius 1 is 1.27 bits per heavy atom. The van der Waals surface area contributed by atoms with Gasteiger partial charge in [0.1, 0.15) is 6.61 Å². The lowest BCUT2D eigenvalue weighted by Crippen LogP contribution is -2.36. The highest BCUT2D eigenvalue weighted by Gasteiger charge is 2.41. The van der Waals surface area contributed by atoms with Crippen molar-refractivity contribution in [3.05, 3.63) is 79.8 Å². The summed E-state index contributed by atoms with van der Waals surface area (Å²) in [4.78, 5) is 28.1. The largest absolute Gasteiger partial charge is 0.459 e. The first-order valence-electron chi connectivity index (χ1n) is 11.3. The summed E-state index contributed by atoms with van der Waals surface area (Å²) in [6.07, 6.45) is 2.96. The normalized spacial score (nSPS) is 25.2. The maximum atomic E-state index is 13.5. The van der Waals surface area contributed by atoms with E-state index >= 15 is 0 Å². The van der Waals surface area contributed by atoms with E-state index in [4.69, 9.17) is 21.1 Å². The van der Waals surface area contributed by atoms with Crippen molar-refractivity contribution in [1.82, 2.24) is 5.32 Å². The lowest BCUT2D eigenvalue weighted by molar-refractivity contribution is -0.142. The third-order valence-corrected chi connectivity index (χ3v) is 7.87. The lowest BCUT2D eigenvalue weighted by atomic mass is 9.72. The van der Waals surface area contributed by atoms with Crippen LogP contribution >= 0.6 is 22.9 Å². The molecule has 3 atom stereocenters. The van der Waals surface area contributed by atoms with Crippen molar-refractivity contribution in [2.75, 3.05) is 13.2 Å². The van der Waals surface area contributed by atoms with Crippen LogP contribution in [-0.2, 0) is 19.1 Å². The first-order valence-corrected chi connectivity index (χ1v) is 12.6. The number of benzene rings is 1. The summed E-state index contributed by atoms with van der Waals surface area (Å²) >= 11 is 7.99. The summed E-state index contributed by atoms with van der Waals surface area (Å²) in [5.74, 6) is -0.720. The molecule has 5 rings (SSSR count). The van der Waals surface area contributed by atoms with E-state index in [0.717, 1.165) is 36.2 Å². The number of dihydropyridines is 1. The molecule has 3 aliphatic rings. The van der Waals surface area contributed by atoms with Crippen molar-refractivity contribution in [3.8, 4) is 0 Å². The molecule has 1 aliphatic carbocycles. The van der Waals surface area contributed by atoms with Gasteiger partial charge in [0, 0.05) is 51.7 Å². The predicted octanol–water partition coefficient (Wildman–Crippen LogP) is 5.49. The van der Waals surface area contributed by atoms with Crippen molar-refractivity contribution in [3.63, 3.8) is 0 Å². The number of ether oxygens (including phenoxy) is 2. The van der Waals surface area contributed by atoms with Crippen LogP contribution in [0.5, 0.6) is 0 Å². The van der Waals surface area contributed by atoms with Crippen molar-refractivity contribution in [2.24, 2.45) is 0 Å². The molecule has 1 fully saturated rings. The van der Waals surface area contributed by atoms with Gasteiger partial charge in [-0.25, -0.2) is 4.79 Å². The summed E-state index contributed by atoms with van der Waals surface area (Å²) in [6, 6.07) is 11.5. The Hall–Kier alpha value is -2.41. The van der Waals surface area contributed by atoms with E-state index in [1.165, 1.54) is 4.88 Å². The number of hydrogen-bond acceptors (Lipinski definition) is 6. The number of Topliss-reactive ketones (excluding diaryl/α,β-unsaturated/α-hetero) is 1. The Morgan fingerprint density at radius 3 is 2.88 bits per heavy atom. The molecule has 0 unspecified atom stereocenters. The summed E-state index contributed by atoms with van der Waals surface area (Å²) < 4.78 is 11.3. The topological polar surface area (TPSA) is 64.6 Å². The van der Waals surface area contributed by atoms with E-state index in [9.17, 15) is 9.59 Å². The minimum absolute atomic E-state index is 0.0593. The zero-order chi connectivity index (χ0) is 22.9. The number of carbonyl (C=O) groups is 2. The first-order chi connectivity index (χ1) is 16.0. The number of rotatable bonds is 5. The summed E-state index contributed by atoms with van der Waals surface area (Å²) in [6.45, 7) is 2.80. The fraction of sp³-hybridized carbons (Fsp3) is 0.385. The summed E-state index contributed by atoms with van der Waals surface area (Å²) in [5.41, 5.74) is 3.55. The van der Waals surface area contributed by atoms with Gasteiger partial charge < -0.3 is 14.8 Å². The Balaban J connectivity index is 1.50. The second-order valence-electron chi connectivity index (χ2n) is 8.82. The van der Waals surface area contributed by atoms with Crippen molar-refractivity contribution in [2.45, 2.75) is 50.5 Å². The number of carbonyl (C=O) groups excluding carboxylic acids is 2. The van der Waals surface area contributed by atoms with Gasteiger partial charge >= 0.3 is 5.97 Å². The number of nitrogens with one attached hydrogen (secondary N) is 1. The van der Waals surface area contributed by atoms with Gasteiger partial charge in [-0.3, -0.25) is 4.79 Å². The zero-order valence-corrected chi connectivity index (χ0v) is 20.0. The summed E-state index contributed by atoms with van der Waals surface area (Å²) in [7, 11) is 0. The monoisotopic (exact) mass is 483 g/mol. The quantitative estimate of drug-likeness (QED) is 0.570. The van der Waals surface area contributed by atoms with Gasteiger partial charge in [0.05, 0.1) is 11.7 Å². The molecule has 1 N–H and O–H groups in total. The molecule has 1 saturated heterocycles. The molecular formula is C26H26ClNO4S. The van der Waals surface area contributed by atoms with Crippen molar-refractivity contribution >= 4 is 34.7 Å². The molecule has 2 aliphatic heterocycles. The van der Waals surface area contributed by atoms with Crippen LogP contribution < -0.4 is 5.32 Å². The second-order valence-corrected chi connectivity index (χ2v) is 10.2. The first kappa shape index (κ1) is 22.4. The van der Waals surface area contributed by atoms with Crippen LogP contribution in [0.15, 0.2) is 64.3 Å². The maximum Gasteiger partial charge on any atom is 0.336 e. The Bertz CT molecular complexity index is 1130. The molecule has 0 bridgehead atoms. The van der Waals surface area contributed by atoms with E-state index in [0.29, 0.717) is 29.2 Å². The SMILES string of the molecule is CC1=C(C(=O)OC[C@@H]2CCCO2)[C@H](c2cccc(Cl)c2)C2=C(C[C@H](c3cccs3)CC2=O)N1. The molecule has 0 amide bonds.